The number of alkyl halides is 5. The molecule has 4 heterocycles. The molecule has 5 rings (SSSR count). The van der Waals surface area contributed by atoms with Gasteiger partial charge in [0.1, 0.15) is 6.54 Å². The van der Waals surface area contributed by atoms with Crippen molar-refractivity contribution in [3.63, 3.8) is 0 Å². The average Bonchev–Trinajstić information content (AvgIpc) is 3.60. The molecule has 0 bridgehead atoms. The first-order valence-electron chi connectivity index (χ1n) is 14.0. The second-order valence-electron chi connectivity index (χ2n) is 10.3. The summed E-state index contributed by atoms with van der Waals surface area (Å²) in [6.07, 6.45) is -3.04. The van der Waals surface area contributed by atoms with Crippen molar-refractivity contribution in [2.45, 2.75) is 32.5 Å². The molecule has 0 aliphatic carbocycles. The van der Waals surface area contributed by atoms with E-state index >= 15 is 0 Å². The number of hydrogen-bond acceptors (Lipinski definition) is 9. The van der Waals surface area contributed by atoms with Crippen molar-refractivity contribution in [1.82, 2.24) is 40.1 Å². The lowest BCUT2D eigenvalue weighted by molar-refractivity contribution is -0.141. The standard InChI is InChI=1S/C28H28F5N9O4/c1-2-16-17(27(45)38-11-22(44)36-9-15-7-34-8-15)3-4-19(23(16)46-14-43)39-25-26-37-10-20(42(26)6-5-35-25)18-12-41(13-21(29)30)40-24(18)28(31,32)33/h3-6,10,12,14-15,21,34H,2,7-9,11,13H2,1H3,(H,35,39)(H,36,44)(H,38,45). The van der Waals surface area contributed by atoms with Crippen molar-refractivity contribution in [1.29, 1.82) is 0 Å². The zero-order valence-corrected chi connectivity index (χ0v) is 24.2. The molecule has 2 amide bonds. The number of imidazole rings is 1. The maximum atomic E-state index is 13.8. The Morgan fingerprint density at radius 1 is 1.20 bits per heavy atom. The van der Waals surface area contributed by atoms with Gasteiger partial charge in [0.25, 0.3) is 18.8 Å². The molecule has 1 aliphatic heterocycles. The van der Waals surface area contributed by atoms with Gasteiger partial charge in [0.05, 0.1) is 29.7 Å². The van der Waals surface area contributed by atoms with E-state index in [9.17, 15) is 36.3 Å². The summed E-state index contributed by atoms with van der Waals surface area (Å²) in [5.41, 5.74) is -1.22. The van der Waals surface area contributed by atoms with Crippen molar-refractivity contribution >= 4 is 35.4 Å². The second-order valence-corrected chi connectivity index (χ2v) is 10.3. The largest absolute Gasteiger partial charge is 0.435 e. The van der Waals surface area contributed by atoms with Crippen molar-refractivity contribution in [2.75, 3.05) is 31.5 Å². The van der Waals surface area contributed by atoms with E-state index in [0.717, 1.165) is 25.5 Å². The van der Waals surface area contributed by atoms with Gasteiger partial charge in [-0.1, -0.05) is 6.92 Å². The fraction of sp³-hybridized carbons (Fsp3) is 0.357. The van der Waals surface area contributed by atoms with Crippen molar-refractivity contribution in [3.8, 4) is 17.0 Å². The molecule has 18 heteroatoms. The molecular weight excluding hydrogens is 621 g/mol. The molecule has 0 radical (unpaired) electrons. The summed E-state index contributed by atoms with van der Waals surface area (Å²) < 4.78 is 74.2. The number of carbonyl (C=O) groups excluding carboxylic acids is 3. The molecule has 4 N–H and O–H groups in total. The van der Waals surface area contributed by atoms with Crippen LogP contribution >= 0.6 is 0 Å². The number of rotatable bonds is 13. The van der Waals surface area contributed by atoms with Gasteiger partial charge < -0.3 is 26.0 Å². The van der Waals surface area contributed by atoms with Crippen LogP contribution in [0.15, 0.2) is 36.9 Å². The van der Waals surface area contributed by atoms with Crippen LogP contribution < -0.4 is 26.0 Å². The van der Waals surface area contributed by atoms with Crippen LogP contribution in [-0.4, -0.2) is 75.0 Å². The summed E-state index contributed by atoms with van der Waals surface area (Å²) in [6.45, 7) is 2.70. The predicted molar refractivity (Wildman–Crippen MR) is 153 cm³/mol. The summed E-state index contributed by atoms with van der Waals surface area (Å²) in [7, 11) is 0. The summed E-state index contributed by atoms with van der Waals surface area (Å²) in [4.78, 5) is 45.1. The third kappa shape index (κ3) is 6.90. The Morgan fingerprint density at radius 3 is 2.63 bits per heavy atom. The lowest BCUT2D eigenvalue weighted by atomic mass is 10.0. The number of anilines is 2. The van der Waals surface area contributed by atoms with Crippen LogP contribution in [0.2, 0.25) is 0 Å². The van der Waals surface area contributed by atoms with E-state index in [1.165, 1.54) is 28.9 Å². The zero-order chi connectivity index (χ0) is 33.0. The normalized spacial score (nSPS) is 13.5. The van der Waals surface area contributed by atoms with Gasteiger partial charge >= 0.3 is 6.18 Å². The van der Waals surface area contributed by atoms with E-state index in [1.807, 2.05) is 0 Å². The molecule has 1 saturated heterocycles. The minimum absolute atomic E-state index is 0.0182. The Labute approximate surface area is 257 Å². The highest BCUT2D eigenvalue weighted by Gasteiger charge is 2.38. The molecule has 0 atom stereocenters. The number of benzene rings is 1. The highest BCUT2D eigenvalue weighted by Crippen LogP contribution is 2.38. The minimum atomic E-state index is -4.94. The van der Waals surface area contributed by atoms with Gasteiger partial charge in [-0.2, -0.15) is 18.3 Å². The molecule has 46 heavy (non-hydrogen) atoms. The first kappa shape index (κ1) is 32.3. The number of hydrogen-bond donors (Lipinski definition) is 4. The molecular formula is C28H28F5N9O4. The lowest BCUT2D eigenvalue weighted by Gasteiger charge is -2.27. The van der Waals surface area contributed by atoms with Gasteiger partial charge in [-0.05, 0) is 18.6 Å². The zero-order valence-electron chi connectivity index (χ0n) is 24.2. The average molecular weight is 650 g/mol. The number of nitrogens with one attached hydrogen (secondary N) is 4. The van der Waals surface area contributed by atoms with Gasteiger partial charge in [-0.15, -0.1) is 0 Å². The molecule has 0 unspecified atom stereocenters. The Bertz CT molecular complexity index is 1750. The molecule has 4 aromatic rings. The molecule has 244 valence electrons. The minimum Gasteiger partial charge on any atom is -0.426 e. The number of fused-ring (bicyclic) bond motifs is 1. The SMILES string of the molecule is CCc1c(C(=O)NCC(=O)NCC2CNC2)ccc(Nc2nccn3c(-c4cn(CC(F)F)nc4C(F)(F)F)cnc23)c1OC=O. The van der Waals surface area contributed by atoms with E-state index in [1.54, 1.807) is 6.92 Å². The summed E-state index contributed by atoms with van der Waals surface area (Å²) >= 11 is 0. The van der Waals surface area contributed by atoms with Gasteiger partial charge in [-0.25, -0.2) is 18.7 Å². The van der Waals surface area contributed by atoms with Gasteiger partial charge in [0.15, 0.2) is 22.9 Å². The second kappa shape index (κ2) is 13.5. The van der Waals surface area contributed by atoms with Gasteiger partial charge in [-0.3, -0.25) is 23.5 Å². The number of carbonyl (C=O) groups is 3. The molecule has 1 fully saturated rings. The third-order valence-corrected chi connectivity index (χ3v) is 7.20. The summed E-state index contributed by atoms with van der Waals surface area (Å²) in [5.74, 6) is -0.572. The number of halogens is 5. The predicted octanol–water partition coefficient (Wildman–Crippen LogP) is 2.78. The molecule has 0 saturated carbocycles. The van der Waals surface area contributed by atoms with E-state index in [-0.39, 0.29) is 59.5 Å². The van der Waals surface area contributed by atoms with Crippen molar-refractivity contribution in [3.05, 3.63) is 53.7 Å². The van der Waals surface area contributed by atoms with E-state index < -0.39 is 36.3 Å². The summed E-state index contributed by atoms with van der Waals surface area (Å²) in [6, 6.07) is 2.89. The smallest absolute Gasteiger partial charge is 0.426 e. The highest BCUT2D eigenvalue weighted by atomic mass is 19.4. The Kier molecular flexibility index (Phi) is 9.45. The van der Waals surface area contributed by atoms with Crippen LogP contribution in [0.3, 0.4) is 0 Å². The van der Waals surface area contributed by atoms with Crippen molar-refractivity contribution in [2.24, 2.45) is 5.92 Å². The quantitative estimate of drug-likeness (QED) is 0.126. The first-order valence-corrected chi connectivity index (χ1v) is 14.0. The van der Waals surface area contributed by atoms with Crippen LogP contribution in [0.5, 0.6) is 5.75 Å². The Morgan fingerprint density at radius 2 is 1.98 bits per heavy atom. The lowest BCUT2D eigenvalue weighted by Crippen LogP contribution is -2.49. The maximum absolute atomic E-state index is 13.8. The molecule has 1 aliphatic rings. The fourth-order valence-corrected chi connectivity index (χ4v) is 4.93. The van der Waals surface area contributed by atoms with Gasteiger partial charge in [0.2, 0.25) is 5.91 Å². The van der Waals surface area contributed by atoms with Crippen LogP contribution in [0, 0.1) is 5.92 Å². The molecule has 1 aromatic carbocycles. The van der Waals surface area contributed by atoms with E-state index in [0.29, 0.717) is 22.7 Å². The Balaban J connectivity index is 1.42. The van der Waals surface area contributed by atoms with Crippen LogP contribution in [0.25, 0.3) is 16.9 Å². The highest BCUT2D eigenvalue weighted by molar-refractivity contribution is 5.99. The van der Waals surface area contributed by atoms with Crippen LogP contribution in [0.1, 0.15) is 28.5 Å². The van der Waals surface area contributed by atoms with E-state index in [2.05, 4.69) is 36.3 Å². The fourth-order valence-electron chi connectivity index (χ4n) is 4.93. The van der Waals surface area contributed by atoms with Crippen LogP contribution in [0.4, 0.5) is 33.5 Å². The number of aromatic nitrogens is 5. The number of amides is 2. The molecule has 13 nitrogen and oxygen atoms in total. The maximum Gasteiger partial charge on any atom is 0.435 e. The topological polar surface area (TPSA) is 157 Å². The van der Waals surface area contributed by atoms with Crippen molar-refractivity contribution < 1.29 is 41.1 Å². The molecule has 0 spiro atoms. The first-order chi connectivity index (χ1) is 22.0. The van der Waals surface area contributed by atoms with E-state index in [4.69, 9.17) is 4.74 Å². The third-order valence-electron chi connectivity index (χ3n) is 7.20. The number of ether oxygens (including phenoxy) is 1. The van der Waals surface area contributed by atoms with Crippen LogP contribution in [-0.2, 0) is 28.7 Å². The monoisotopic (exact) mass is 649 g/mol. The summed E-state index contributed by atoms with van der Waals surface area (Å²) in [5, 5.41) is 14.7. The Hall–Kier alpha value is -5.13. The molecule has 3 aromatic heterocycles. The number of nitrogens with zero attached hydrogens (tertiary/aromatic N) is 5. The van der Waals surface area contributed by atoms with Gasteiger partial charge in [0, 0.05) is 55.3 Å².